The molecule has 108 valence electrons. The Balaban J connectivity index is 1.96. The molecule has 0 saturated carbocycles. The molecular weight excluding hydrogens is 307 g/mol. The summed E-state index contributed by atoms with van der Waals surface area (Å²) in [6, 6.07) is 14.2. The van der Waals surface area contributed by atoms with E-state index in [-0.39, 0.29) is 5.91 Å². The molecular formula is C16H14Cl2N2O. The van der Waals surface area contributed by atoms with Crippen LogP contribution in [0.5, 0.6) is 0 Å². The molecule has 0 aliphatic carbocycles. The third kappa shape index (κ3) is 5.14. The average Bonchev–Trinajstić information content (AvgIpc) is 2.44. The van der Waals surface area contributed by atoms with Crippen LogP contribution in [0.4, 0.5) is 11.4 Å². The highest BCUT2D eigenvalue weighted by atomic mass is 35.5. The van der Waals surface area contributed by atoms with Gasteiger partial charge >= 0.3 is 0 Å². The van der Waals surface area contributed by atoms with Crippen molar-refractivity contribution < 1.29 is 4.79 Å². The molecule has 0 heterocycles. The summed E-state index contributed by atoms with van der Waals surface area (Å²) in [5.74, 6) is -0.212. The zero-order valence-electron chi connectivity index (χ0n) is 11.4. The topological polar surface area (TPSA) is 41.1 Å². The second-order valence-corrected chi connectivity index (χ2v) is 5.33. The molecule has 0 spiro atoms. The molecule has 21 heavy (non-hydrogen) atoms. The van der Waals surface area contributed by atoms with Gasteiger partial charge in [0, 0.05) is 33.2 Å². The van der Waals surface area contributed by atoms with E-state index in [4.69, 9.17) is 23.2 Å². The fourth-order valence-electron chi connectivity index (χ4n) is 1.71. The molecule has 3 nitrogen and oxygen atoms in total. The standard InChI is InChI=1S/C16H14Cl2N2O/c1-11(19-14-6-2-12(17)3-7-14)10-16(21)20-15-8-4-13(18)5-9-15/h2-10,19H,1H3,(H,20,21). The molecule has 5 heteroatoms. The van der Waals surface area contributed by atoms with Crippen molar-refractivity contribution in [3.05, 3.63) is 70.3 Å². The molecule has 0 bridgehead atoms. The summed E-state index contributed by atoms with van der Waals surface area (Å²) in [7, 11) is 0. The van der Waals surface area contributed by atoms with E-state index in [1.807, 2.05) is 19.1 Å². The summed E-state index contributed by atoms with van der Waals surface area (Å²) in [4.78, 5) is 11.9. The van der Waals surface area contributed by atoms with Crippen molar-refractivity contribution in [2.75, 3.05) is 10.6 Å². The van der Waals surface area contributed by atoms with Crippen molar-refractivity contribution in [1.82, 2.24) is 0 Å². The molecule has 0 atom stereocenters. The quantitative estimate of drug-likeness (QED) is 0.783. The molecule has 0 unspecified atom stereocenters. The molecule has 0 aliphatic heterocycles. The van der Waals surface area contributed by atoms with Crippen molar-refractivity contribution in [2.24, 2.45) is 0 Å². The third-order valence-electron chi connectivity index (χ3n) is 2.65. The fourth-order valence-corrected chi connectivity index (χ4v) is 1.96. The zero-order valence-corrected chi connectivity index (χ0v) is 12.9. The summed E-state index contributed by atoms with van der Waals surface area (Å²) < 4.78 is 0. The molecule has 2 aromatic carbocycles. The van der Waals surface area contributed by atoms with Gasteiger partial charge < -0.3 is 10.6 Å². The number of halogens is 2. The minimum Gasteiger partial charge on any atom is -0.359 e. The van der Waals surface area contributed by atoms with Gasteiger partial charge in [-0.3, -0.25) is 4.79 Å². The highest BCUT2D eigenvalue weighted by Gasteiger charge is 2.00. The van der Waals surface area contributed by atoms with Gasteiger partial charge in [0.1, 0.15) is 0 Å². The second-order valence-electron chi connectivity index (χ2n) is 4.46. The normalized spacial score (nSPS) is 11.1. The Labute approximate surface area is 133 Å². The third-order valence-corrected chi connectivity index (χ3v) is 3.15. The molecule has 0 radical (unpaired) electrons. The van der Waals surface area contributed by atoms with Crippen LogP contribution in [0, 0.1) is 0 Å². The first-order chi connectivity index (χ1) is 10.0. The van der Waals surface area contributed by atoms with Crippen molar-refractivity contribution >= 4 is 40.5 Å². The summed E-state index contributed by atoms with van der Waals surface area (Å²) in [5, 5.41) is 7.17. The molecule has 0 fully saturated rings. The lowest BCUT2D eigenvalue weighted by Crippen LogP contribution is -2.10. The Morgan fingerprint density at radius 1 is 0.857 bits per heavy atom. The number of hydrogen-bond acceptors (Lipinski definition) is 2. The number of allylic oxidation sites excluding steroid dienone is 1. The van der Waals surface area contributed by atoms with Crippen molar-refractivity contribution in [3.63, 3.8) is 0 Å². The molecule has 2 aromatic rings. The molecule has 2 N–H and O–H groups in total. The first kappa shape index (κ1) is 15.4. The Morgan fingerprint density at radius 2 is 1.29 bits per heavy atom. The van der Waals surface area contributed by atoms with Crippen LogP contribution in [0.2, 0.25) is 10.0 Å². The highest BCUT2D eigenvalue weighted by molar-refractivity contribution is 6.30. The van der Waals surface area contributed by atoms with Crippen molar-refractivity contribution in [2.45, 2.75) is 6.92 Å². The van der Waals surface area contributed by atoms with Crippen LogP contribution in [0.15, 0.2) is 60.3 Å². The van der Waals surface area contributed by atoms with Crippen LogP contribution >= 0.6 is 23.2 Å². The number of anilines is 2. The maximum Gasteiger partial charge on any atom is 0.250 e. The van der Waals surface area contributed by atoms with E-state index in [1.54, 1.807) is 36.4 Å². The summed E-state index contributed by atoms with van der Waals surface area (Å²) in [5.41, 5.74) is 2.29. The van der Waals surface area contributed by atoms with Crippen LogP contribution in [0.1, 0.15) is 6.92 Å². The SMILES string of the molecule is CC(=CC(=O)Nc1ccc(Cl)cc1)Nc1ccc(Cl)cc1. The lowest BCUT2D eigenvalue weighted by Gasteiger charge is -2.07. The predicted octanol–water partition coefficient (Wildman–Crippen LogP) is 4.95. The van der Waals surface area contributed by atoms with Gasteiger partial charge in [0.2, 0.25) is 5.91 Å². The molecule has 0 aromatic heterocycles. The Morgan fingerprint density at radius 3 is 1.76 bits per heavy atom. The van der Waals surface area contributed by atoms with Gasteiger partial charge in [0.25, 0.3) is 0 Å². The number of benzene rings is 2. The largest absolute Gasteiger partial charge is 0.359 e. The average molecular weight is 321 g/mol. The van der Waals surface area contributed by atoms with Crippen LogP contribution in [0.25, 0.3) is 0 Å². The van der Waals surface area contributed by atoms with Gasteiger partial charge in [-0.25, -0.2) is 0 Å². The zero-order chi connectivity index (χ0) is 15.2. The Bertz CT molecular complexity index is 649. The monoisotopic (exact) mass is 320 g/mol. The fraction of sp³-hybridized carbons (Fsp3) is 0.0625. The van der Waals surface area contributed by atoms with Crippen molar-refractivity contribution in [3.8, 4) is 0 Å². The van der Waals surface area contributed by atoms with E-state index in [0.717, 1.165) is 11.4 Å². The maximum absolute atomic E-state index is 11.9. The van der Waals surface area contributed by atoms with Gasteiger partial charge in [0.15, 0.2) is 0 Å². The van der Waals surface area contributed by atoms with E-state index in [9.17, 15) is 4.79 Å². The smallest absolute Gasteiger partial charge is 0.250 e. The minimum atomic E-state index is -0.212. The molecule has 0 saturated heterocycles. The van der Waals surface area contributed by atoms with Gasteiger partial charge in [-0.05, 0) is 55.5 Å². The first-order valence-corrected chi connectivity index (χ1v) is 7.06. The Kier molecular flexibility index (Phi) is 5.26. The lowest BCUT2D eigenvalue weighted by molar-refractivity contribution is -0.111. The Hall–Kier alpha value is -1.97. The van der Waals surface area contributed by atoms with E-state index >= 15 is 0 Å². The minimum absolute atomic E-state index is 0.212. The van der Waals surface area contributed by atoms with Crippen LogP contribution in [-0.2, 0) is 4.79 Å². The summed E-state index contributed by atoms with van der Waals surface area (Å²) in [6.07, 6.45) is 1.49. The molecule has 0 aliphatic rings. The molecule has 2 rings (SSSR count). The van der Waals surface area contributed by atoms with Crippen LogP contribution in [-0.4, -0.2) is 5.91 Å². The van der Waals surface area contributed by atoms with Gasteiger partial charge in [-0.1, -0.05) is 23.2 Å². The number of hydrogen-bond donors (Lipinski definition) is 2. The second kappa shape index (κ2) is 7.16. The van der Waals surface area contributed by atoms with Crippen molar-refractivity contribution in [1.29, 1.82) is 0 Å². The summed E-state index contributed by atoms with van der Waals surface area (Å²) >= 11 is 11.6. The van der Waals surface area contributed by atoms with E-state index in [0.29, 0.717) is 15.7 Å². The number of carbonyl (C=O) groups is 1. The summed E-state index contributed by atoms with van der Waals surface area (Å²) in [6.45, 7) is 1.82. The maximum atomic E-state index is 11.9. The number of amides is 1. The number of carbonyl (C=O) groups excluding carboxylic acids is 1. The van der Waals surface area contributed by atoms with Gasteiger partial charge in [0.05, 0.1) is 0 Å². The predicted molar refractivity (Wildman–Crippen MR) is 88.9 cm³/mol. The molecule has 1 amide bonds. The highest BCUT2D eigenvalue weighted by Crippen LogP contribution is 2.16. The van der Waals surface area contributed by atoms with E-state index in [2.05, 4.69) is 10.6 Å². The van der Waals surface area contributed by atoms with Crippen LogP contribution < -0.4 is 10.6 Å². The van der Waals surface area contributed by atoms with Gasteiger partial charge in [-0.2, -0.15) is 0 Å². The van der Waals surface area contributed by atoms with E-state index in [1.165, 1.54) is 6.08 Å². The van der Waals surface area contributed by atoms with Crippen LogP contribution in [0.3, 0.4) is 0 Å². The number of nitrogens with one attached hydrogen (secondary N) is 2. The lowest BCUT2D eigenvalue weighted by atomic mass is 10.3. The first-order valence-electron chi connectivity index (χ1n) is 6.30. The van der Waals surface area contributed by atoms with Gasteiger partial charge in [-0.15, -0.1) is 0 Å². The van der Waals surface area contributed by atoms with E-state index < -0.39 is 0 Å². The number of rotatable bonds is 4.